The summed E-state index contributed by atoms with van der Waals surface area (Å²) in [5, 5.41) is 16.8. The predicted molar refractivity (Wildman–Crippen MR) is 129 cm³/mol. The van der Waals surface area contributed by atoms with Crippen LogP contribution in [0, 0.1) is 5.92 Å². The zero-order valence-electron chi connectivity index (χ0n) is 19.2. The highest BCUT2D eigenvalue weighted by atomic mass is 32.2. The molecule has 0 radical (unpaired) electrons. The minimum absolute atomic E-state index is 0.125. The van der Waals surface area contributed by atoms with Crippen LogP contribution in [0.1, 0.15) is 50.9 Å². The Bertz CT molecular complexity index is 1510. The van der Waals surface area contributed by atoms with Crippen molar-refractivity contribution in [3.05, 3.63) is 42.7 Å². The third-order valence-corrected chi connectivity index (χ3v) is 8.91. The number of aromatic nitrogens is 7. The number of anilines is 2. The Kier molecular flexibility index (Phi) is 5.29. The molecular formula is C23H26N8O3S. The molecule has 4 aromatic heterocycles. The van der Waals surface area contributed by atoms with Gasteiger partial charge in [0.2, 0.25) is 0 Å². The number of imidazole rings is 1. The number of hydrogen-bond donors (Lipinski definition) is 2. The molecule has 2 aliphatic carbocycles. The molecule has 4 aromatic rings. The predicted octanol–water partition coefficient (Wildman–Crippen LogP) is 3.02. The molecule has 11 nitrogen and oxygen atoms in total. The lowest BCUT2D eigenvalue weighted by Crippen LogP contribution is -2.17. The number of aliphatic hydroxyl groups is 1. The molecule has 2 N–H and O–H groups in total. The molecule has 2 aliphatic rings. The van der Waals surface area contributed by atoms with Crippen molar-refractivity contribution in [3.63, 3.8) is 0 Å². The summed E-state index contributed by atoms with van der Waals surface area (Å²) in [4.78, 5) is 17.9. The Morgan fingerprint density at radius 2 is 1.97 bits per heavy atom. The van der Waals surface area contributed by atoms with E-state index in [9.17, 15) is 13.5 Å². The molecule has 4 heterocycles. The maximum absolute atomic E-state index is 12.4. The topological polar surface area (TPSA) is 141 Å². The van der Waals surface area contributed by atoms with Gasteiger partial charge >= 0.3 is 0 Å². The van der Waals surface area contributed by atoms with Gasteiger partial charge in [0, 0.05) is 18.3 Å². The fourth-order valence-corrected chi connectivity index (χ4v) is 6.36. The van der Waals surface area contributed by atoms with E-state index in [0.717, 1.165) is 34.4 Å². The second kappa shape index (κ2) is 8.38. The average Bonchev–Trinajstić information content (AvgIpc) is 3.29. The number of nitrogens with one attached hydrogen (secondary N) is 1. The van der Waals surface area contributed by atoms with Crippen molar-refractivity contribution >= 4 is 32.7 Å². The second-order valence-corrected chi connectivity index (χ2v) is 11.4. The Hall–Kier alpha value is -3.38. The van der Waals surface area contributed by atoms with Crippen LogP contribution >= 0.6 is 0 Å². The maximum Gasteiger partial charge on any atom is 0.256 e. The van der Waals surface area contributed by atoms with E-state index in [1.165, 1.54) is 12.4 Å². The van der Waals surface area contributed by atoms with Gasteiger partial charge in [-0.2, -0.15) is 9.19 Å². The van der Waals surface area contributed by atoms with E-state index in [2.05, 4.69) is 41.8 Å². The van der Waals surface area contributed by atoms with Crippen LogP contribution < -0.4 is 5.32 Å². The van der Waals surface area contributed by atoms with Crippen LogP contribution in [-0.4, -0.2) is 52.5 Å². The molecule has 35 heavy (non-hydrogen) atoms. The molecule has 6 rings (SSSR count). The van der Waals surface area contributed by atoms with Crippen molar-refractivity contribution < 1.29 is 13.5 Å². The van der Waals surface area contributed by atoms with Gasteiger partial charge in [-0.05, 0) is 37.7 Å². The summed E-state index contributed by atoms with van der Waals surface area (Å²) in [6, 6.07) is 3.94. The lowest BCUT2D eigenvalue weighted by atomic mass is 10.1. The van der Waals surface area contributed by atoms with Crippen LogP contribution in [0.5, 0.6) is 0 Å². The smallest absolute Gasteiger partial charge is 0.256 e. The molecule has 2 atom stereocenters. The third-order valence-electron chi connectivity index (χ3n) is 6.87. The summed E-state index contributed by atoms with van der Waals surface area (Å²) in [6.07, 6.45) is 10.9. The number of rotatable bonds is 7. The molecule has 2 saturated carbocycles. The van der Waals surface area contributed by atoms with Crippen LogP contribution in [-0.2, 0) is 16.6 Å². The first-order valence-corrected chi connectivity index (χ1v) is 13.3. The Morgan fingerprint density at radius 1 is 1.11 bits per heavy atom. The molecule has 0 amide bonds. The highest BCUT2D eigenvalue weighted by Crippen LogP contribution is 2.38. The Balaban J connectivity index is 1.30. The molecule has 0 aromatic carbocycles. The first kappa shape index (κ1) is 22.1. The lowest BCUT2D eigenvalue weighted by Gasteiger charge is -2.20. The molecule has 182 valence electrons. The van der Waals surface area contributed by atoms with Crippen LogP contribution in [0.2, 0.25) is 0 Å². The van der Waals surface area contributed by atoms with Crippen LogP contribution in [0.4, 0.5) is 11.6 Å². The van der Waals surface area contributed by atoms with E-state index in [1.807, 2.05) is 6.07 Å². The quantitative estimate of drug-likeness (QED) is 0.396. The van der Waals surface area contributed by atoms with Crippen LogP contribution in [0.3, 0.4) is 0 Å². The van der Waals surface area contributed by atoms with E-state index in [-0.39, 0.29) is 11.9 Å². The Labute approximate surface area is 202 Å². The van der Waals surface area contributed by atoms with Crippen molar-refractivity contribution in [2.45, 2.75) is 56.9 Å². The summed E-state index contributed by atoms with van der Waals surface area (Å²) >= 11 is 0. The van der Waals surface area contributed by atoms with Gasteiger partial charge in [0.15, 0.2) is 5.82 Å². The zero-order chi connectivity index (χ0) is 24.2. The normalized spacial score (nSPS) is 20.5. The number of aliphatic hydroxyl groups excluding tert-OH is 1. The highest BCUT2D eigenvalue weighted by Gasteiger charge is 2.37. The summed E-state index contributed by atoms with van der Waals surface area (Å²) in [7, 11) is -3.45. The van der Waals surface area contributed by atoms with E-state index in [1.54, 1.807) is 18.5 Å². The number of nitrogens with zero attached hydrogens (tertiary/aromatic N) is 7. The van der Waals surface area contributed by atoms with E-state index < -0.39 is 10.0 Å². The van der Waals surface area contributed by atoms with Crippen molar-refractivity contribution in [1.29, 1.82) is 0 Å². The first-order valence-electron chi connectivity index (χ1n) is 11.8. The Morgan fingerprint density at radius 3 is 2.71 bits per heavy atom. The van der Waals surface area contributed by atoms with Crippen LogP contribution in [0.25, 0.3) is 22.4 Å². The van der Waals surface area contributed by atoms with Gasteiger partial charge in [0.05, 0.1) is 34.9 Å². The van der Waals surface area contributed by atoms with Gasteiger partial charge in [-0.3, -0.25) is 0 Å². The molecule has 2 unspecified atom stereocenters. The standard InChI is InChI=1S/C23H26N8O3S/c1-14-3-2-4-18(14)31-19-9-21(25-11-17(19)27-22(31)13-32)28-20-7-8-24-23(29-20)15-10-26-30(12-15)35(33,34)16-5-6-16/h7-12,14,16,18,32H,2-6,13H2,1H3,(H,24,25,28,29). The number of pyridine rings is 1. The lowest BCUT2D eigenvalue weighted by molar-refractivity contribution is 0.256. The van der Waals surface area contributed by atoms with Gasteiger partial charge in [0.1, 0.15) is 29.6 Å². The van der Waals surface area contributed by atoms with E-state index in [0.29, 0.717) is 53.6 Å². The fraction of sp³-hybridized carbons (Fsp3) is 0.435. The van der Waals surface area contributed by atoms with Crippen molar-refractivity contribution in [3.8, 4) is 11.4 Å². The summed E-state index contributed by atoms with van der Waals surface area (Å²) in [6.45, 7) is 2.12. The zero-order valence-corrected chi connectivity index (χ0v) is 20.1. The van der Waals surface area contributed by atoms with Crippen molar-refractivity contribution in [2.24, 2.45) is 5.92 Å². The van der Waals surface area contributed by atoms with Crippen LogP contribution in [0.15, 0.2) is 36.9 Å². The monoisotopic (exact) mass is 494 g/mol. The SMILES string of the molecule is CC1CCCC1n1c(CO)nc2cnc(Nc3ccnc(-c4cnn(S(=O)(=O)C5CC5)c4)n3)cc21. The minimum atomic E-state index is -3.45. The fourth-order valence-electron chi connectivity index (χ4n) is 4.88. The van der Waals surface area contributed by atoms with Gasteiger partial charge in [0.25, 0.3) is 10.0 Å². The van der Waals surface area contributed by atoms with Crippen molar-refractivity contribution in [2.75, 3.05) is 5.32 Å². The number of hydrogen-bond acceptors (Lipinski definition) is 9. The average molecular weight is 495 g/mol. The van der Waals surface area contributed by atoms with Gasteiger partial charge in [-0.25, -0.2) is 28.4 Å². The summed E-state index contributed by atoms with van der Waals surface area (Å²) in [5.41, 5.74) is 2.18. The minimum Gasteiger partial charge on any atom is -0.388 e. The van der Waals surface area contributed by atoms with E-state index >= 15 is 0 Å². The van der Waals surface area contributed by atoms with Gasteiger partial charge < -0.3 is 15.0 Å². The molecule has 2 fully saturated rings. The molecular weight excluding hydrogens is 468 g/mol. The molecule has 0 spiro atoms. The second-order valence-electron chi connectivity index (χ2n) is 9.33. The maximum atomic E-state index is 12.4. The largest absolute Gasteiger partial charge is 0.388 e. The van der Waals surface area contributed by atoms with Gasteiger partial charge in [-0.15, -0.1) is 0 Å². The molecule has 0 saturated heterocycles. The number of fused-ring (bicyclic) bond motifs is 1. The molecule has 12 heteroatoms. The summed E-state index contributed by atoms with van der Waals surface area (Å²) < 4.78 is 28.0. The summed E-state index contributed by atoms with van der Waals surface area (Å²) in [5.74, 6) is 2.63. The van der Waals surface area contributed by atoms with E-state index in [4.69, 9.17) is 0 Å². The first-order chi connectivity index (χ1) is 16.9. The highest BCUT2D eigenvalue weighted by molar-refractivity contribution is 7.90. The molecule has 0 bridgehead atoms. The third kappa shape index (κ3) is 3.96. The van der Waals surface area contributed by atoms with Gasteiger partial charge in [-0.1, -0.05) is 13.3 Å². The van der Waals surface area contributed by atoms with Crippen molar-refractivity contribution in [1.82, 2.24) is 33.7 Å². The molecule has 0 aliphatic heterocycles.